The van der Waals surface area contributed by atoms with E-state index >= 15 is 0 Å². The van der Waals surface area contributed by atoms with Gasteiger partial charge in [0, 0.05) is 28.9 Å². The number of rotatable bonds is 7. The zero-order chi connectivity index (χ0) is 31.3. The van der Waals surface area contributed by atoms with Crippen molar-refractivity contribution in [1.29, 1.82) is 0 Å². The molecule has 0 spiro atoms. The summed E-state index contributed by atoms with van der Waals surface area (Å²) in [6, 6.07) is 6.05. The van der Waals surface area contributed by atoms with E-state index < -0.39 is 34.7 Å². The molecule has 3 heterocycles. The summed E-state index contributed by atoms with van der Waals surface area (Å²) in [6.45, 7) is 8.04. The highest BCUT2D eigenvalue weighted by Crippen LogP contribution is 2.54. The molecular weight excluding hydrogens is 581 g/mol. The van der Waals surface area contributed by atoms with E-state index in [0.29, 0.717) is 35.5 Å². The van der Waals surface area contributed by atoms with Gasteiger partial charge in [-0.3, -0.25) is 14.4 Å². The number of H-pyrrole nitrogens is 1. The van der Waals surface area contributed by atoms with Crippen LogP contribution in [0.15, 0.2) is 40.5 Å². The van der Waals surface area contributed by atoms with Gasteiger partial charge in [0.25, 0.3) is 17.4 Å². The molecule has 1 atom stereocenters. The molecule has 5 rings (SSSR count). The SMILES string of the molecule is CC(C)N(C(=O)c1csc(C2(c3nc4c(c(=O)[nH]3)CN(C(=O)[C@H](O)c3cccc(C(F)(F)F)c3)CCC4)CC2)c1)C(C)C. The van der Waals surface area contributed by atoms with Crippen molar-refractivity contribution < 1.29 is 27.9 Å². The Kier molecular flexibility index (Phi) is 8.30. The molecule has 230 valence electrons. The third kappa shape index (κ3) is 5.99. The molecule has 1 aromatic carbocycles. The molecule has 0 radical (unpaired) electrons. The van der Waals surface area contributed by atoms with Gasteiger partial charge in [0.2, 0.25) is 0 Å². The average Bonchev–Trinajstić information content (AvgIpc) is 3.66. The van der Waals surface area contributed by atoms with E-state index in [1.807, 2.05) is 44.0 Å². The predicted octanol–water partition coefficient (Wildman–Crippen LogP) is 5.20. The van der Waals surface area contributed by atoms with E-state index in [1.54, 1.807) is 0 Å². The number of aromatic amines is 1. The van der Waals surface area contributed by atoms with Crippen LogP contribution in [0.5, 0.6) is 0 Å². The molecule has 2 aliphatic rings. The number of fused-ring (bicyclic) bond motifs is 1. The van der Waals surface area contributed by atoms with Crippen LogP contribution in [0.2, 0.25) is 0 Å². The Morgan fingerprint density at radius 3 is 2.47 bits per heavy atom. The predicted molar refractivity (Wildman–Crippen MR) is 156 cm³/mol. The lowest BCUT2D eigenvalue weighted by atomic mass is 10.0. The molecule has 2 amide bonds. The molecule has 1 aliphatic carbocycles. The first kappa shape index (κ1) is 30.9. The fourth-order valence-electron chi connectivity index (χ4n) is 5.88. The van der Waals surface area contributed by atoms with Crippen molar-refractivity contribution in [3.63, 3.8) is 0 Å². The van der Waals surface area contributed by atoms with E-state index in [1.165, 1.54) is 22.3 Å². The summed E-state index contributed by atoms with van der Waals surface area (Å²) < 4.78 is 39.5. The highest BCUT2D eigenvalue weighted by Gasteiger charge is 2.50. The zero-order valence-corrected chi connectivity index (χ0v) is 25.3. The van der Waals surface area contributed by atoms with Crippen molar-refractivity contribution in [1.82, 2.24) is 19.8 Å². The Bertz CT molecular complexity index is 1580. The Hall–Kier alpha value is -3.51. The number of thiophene rings is 1. The molecule has 1 saturated carbocycles. The molecule has 0 bridgehead atoms. The smallest absolute Gasteiger partial charge is 0.378 e. The number of alkyl halides is 3. The van der Waals surface area contributed by atoms with Crippen LogP contribution in [0.1, 0.15) is 96.5 Å². The first-order chi connectivity index (χ1) is 20.2. The largest absolute Gasteiger partial charge is 0.416 e. The standard InChI is InChI=1S/C31H35F3N4O4S/c1-17(2)38(18(3)4)27(41)20-14-24(43-16-20)30(10-11-30)29-35-23-9-6-12-37(15-22(23)26(40)36-29)28(42)25(39)19-7-5-8-21(13-19)31(32,33)34/h5,7-8,13-14,16-18,25,39H,6,9-12,15H2,1-4H3,(H,35,36,40)/t25-/m1/s1. The second-order valence-corrected chi connectivity index (χ2v) is 12.8. The molecule has 0 saturated heterocycles. The molecule has 1 fully saturated rings. The van der Waals surface area contributed by atoms with Crippen LogP contribution >= 0.6 is 11.3 Å². The van der Waals surface area contributed by atoms with Crippen LogP contribution in [0, 0.1) is 0 Å². The van der Waals surface area contributed by atoms with E-state index in [-0.39, 0.29) is 36.6 Å². The normalized spacial score (nSPS) is 17.0. The molecular formula is C31H35F3N4O4S. The van der Waals surface area contributed by atoms with Crippen LogP contribution in [0.3, 0.4) is 0 Å². The maximum atomic E-state index is 13.4. The van der Waals surface area contributed by atoms with Gasteiger partial charge in [0.15, 0.2) is 6.10 Å². The number of aromatic nitrogens is 2. The number of aryl methyl sites for hydroxylation is 1. The molecule has 12 heteroatoms. The van der Waals surface area contributed by atoms with Gasteiger partial charge in [-0.25, -0.2) is 4.98 Å². The summed E-state index contributed by atoms with van der Waals surface area (Å²) in [4.78, 5) is 51.7. The molecule has 2 aromatic heterocycles. The Morgan fingerprint density at radius 1 is 1.14 bits per heavy atom. The van der Waals surface area contributed by atoms with Gasteiger partial charge < -0.3 is 19.9 Å². The number of aliphatic hydroxyl groups excluding tert-OH is 1. The number of aliphatic hydroxyl groups is 1. The zero-order valence-electron chi connectivity index (χ0n) is 24.5. The molecule has 8 nitrogen and oxygen atoms in total. The number of amides is 2. The summed E-state index contributed by atoms with van der Waals surface area (Å²) in [5, 5.41) is 12.5. The van der Waals surface area contributed by atoms with Crippen molar-refractivity contribution in [2.45, 2.75) is 89.7 Å². The minimum absolute atomic E-state index is 0.0382. The lowest BCUT2D eigenvalue weighted by Gasteiger charge is -2.30. The number of benzene rings is 1. The first-order valence-corrected chi connectivity index (χ1v) is 15.3. The van der Waals surface area contributed by atoms with E-state index in [2.05, 4.69) is 4.98 Å². The van der Waals surface area contributed by atoms with Crippen LogP contribution in [0.25, 0.3) is 0 Å². The van der Waals surface area contributed by atoms with Gasteiger partial charge in [-0.05, 0) is 77.1 Å². The van der Waals surface area contributed by atoms with Crippen LogP contribution in [-0.4, -0.2) is 55.3 Å². The second-order valence-electron chi connectivity index (χ2n) is 11.9. The van der Waals surface area contributed by atoms with Crippen molar-refractivity contribution in [2.75, 3.05) is 6.54 Å². The summed E-state index contributed by atoms with van der Waals surface area (Å²) in [5.74, 6) is -0.281. The monoisotopic (exact) mass is 616 g/mol. The van der Waals surface area contributed by atoms with Crippen LogP contribution < -0.4 is 5.56 Å². The van der Waals surface area contributed by atoms with Crippen molar-refractivity contribution in [2.24, 2.45) is 0 Å². The maximum Gasteiger partial charge on any atom is 0.416 e. The van der Waals surface area contributed by atoms with Gasteiger partial charge >= 0.3 is 6.18 Å². The lowest BCUT2D eigenvalue weighted by molar-refractivity contribution is -0.142. The first-order valence-electron chi connectivity index (χ1n) is 14.4. The highest BCUT2D eigenvalue weighted by molar-refractivity contribution is 7.10. The molecule has 3 aromatic rings. The summed E-state index contributed by atoms with van der Waals surface area (Å²) in [6.07, 6.45) is -3.97. The molecule has 0 unspecified atom stereocenters. The van der Waals surface area contributed by atoms with Crippen molar-refractivity contribution in [3.05, 3.63) is 84.7 Å². The fraction of sp³-hybridized carbons (Fsp3) is 0.484. The number of halogens is 3. The van der Waals surface area contributed by atoms with Gasteiger partial charge in [-0.2, -0.15) is 13.2 Å². The van der Waals surface area contributed by atoms with Gasteiger partial charge in [-0.1, -0.05) is 12.1 Å². The van der Waals surface area contributed by atoms with E-state index in [9.17, 15) is 32.7 Å². The second kappa shape index (κ2) is 11.5. The molecule has 43 heavy (non-hydrogen) atoms. The van der Waals surface area contributed by atoms with Crippen LogP contribution in [0.4, 0.5) is 13.2 Å². The number of carbonyl (C=O) groups is 2. The van der Waals surface area contributed by atoms with Gasteiger partial charge in [0.1, 0.15) is 5.82 Å². The minimum atomic E-state index is -4.61. The average molecular weight is 617 g/mol. The number of carbonyl (C=O) groups excluding carboxylic acids is 2. The lowest BCUT2D eigenvalue weighted by Crippen LogP contribution is -2.41. The minimum Gasteiger partial charge on any atom is -0.378 e. The van der Waals surface area contributed by atoms with Crippen molar-refractivity contribution >= 4 is 23.2 Å². The number of nitrogens with one attached hydrogen (secondary N) is 1. The number of nitrogens with zero attached hydrogens (tertiary/aromatic N) is 3. The van der Waals surface area contributed by atoms with Gasteiger partial charge in [0.05, 0.1) is 34.3 Å². The topological polar surface area (TPSA) is 107 Å². The summed E-state index contributed by atoms with van der Waals surface area (Å²) >= 11 is 1.48. The third-order valence-corrected chi connectivity index (χ3v) is 9.37. The van der Waals surface area contributed by atoms with Gasteiger partial charge in [-0.15, -0.1) is 11.3 Å². The number of hydrogen-bond donors (Lipinski definition) is 2. The van der Waals surface area contributed by atoms with E-state index in [0.717, 1.165) is 35.9 Å². The highest BCUT2D eigenvalue weighted by atomic mass is 32.1. The van der Waals surface area contributed by atoms with Crippen molar-refractivity contribution in [3.8, 4) is 0 Å². The number of hydrogen-bond acceptors (Lipinski definition) is 6. The third-order valence-electron chi connectivity index (χ3n) is 8.24. The molecule has 2 N–H and O–H groups in total. The van der Waals surface area contributed by atoms with Crippen LogP contribution in [-0.2, 0) is 29.4 Å². The van der Waals surface area contributed by atoms with E-state index in [4.69, 9.17) is 4.98 Å². The maximum absolute atomic E-state index is 13.4. The summed E-state index contributed by atoms with van der Waals surface area (Å²) in [7, 11) is 0. The Labute approximate surface area is 251 Å². The summed E-state index contributed by atoms with van der Waals surface area (Å²) in [5.41, 5.74) is -0.529. The Balaban J connectivity index is 1.38. The molecule has 1 aliphatic heterocycles. The fourth-order valence-corrected chi connectivity index (χ4v) is 7.02. The Morgan fingerprint density at radius 2 is 1.84 bits per heavy atom. The quantitative estimate of drug-likeness (QED) is 0.380.